The highest BCUT2D eigenvalue weighted by Gasteiger charge is 2.26. The van der Waals surface area contributed by atoms with Gasteiger partial charge in [-0.2, -0.15) is 0 Å². The largest absolute Gasteiger partial charge is 0.313 e. The van der Waals surface area contributed by atoms with Gasteiger partial charge in [0.05, 0.1) is 11.4 Å². The fourth-order valence-corrected chi connectivity index (χ4v) is 5.40. The fourth-order valence-electron chi connectivity index (χ4n) is 5.23. The molecule has 0 saturated carbocycles. The highest BCUT2D eigenvalue weighted by molar-refractivity contribution is 6.32. The molecule has 36 heavy (non-hydrogen) atoms. The highest BCUT2D eigenvalue weighted by atomic mass is 35.5. The Balaban J connectivity index is 1.89. The zero-order valence-corrected chi connectivity index (χ0v) is 22.1. The molecular weight excluding hydrogens is 464 g/mol. The Hall–Kier alpha value is -3.69. The molecule has 4 aromatic rings. The van der Waals surface area contributed by atoms with Gasteiger partial charge in [-0.3, -0.25) is 9.79 Å². The Morgan fingerprint density at radius 3 is 1.78 bits per heavy atom. The quantitative estimate of drug-likeness (QED) is 0.288. The number of fused-ring (bicyclic) bond motifs is 1. The lowest BCUT2D eigenvalue weighted by Crippen LogP contribution is -2.27. The summed E-state index contributed by atoms with van der Waals surface area (Å²) in [5, 5.41) is 0.612. The molecule has 3 nitrogen and oxygen atoms in total. The van der Waals surface area contributed by atoms with Gasteiger partial charge in [-0.1, -0.05) is 88.5 Å². The third-order valence-corrected chi connectivity index (χ3v) is 6.92. The molecule has 0 bridgehead atoms. The van der Waals surface area contributed by atoms with Gasteiger partial charge in [0.25, 0.3) is 0 Å². The summed E-state index contributed by atoms with van der Waals surface area (Å²) in [6.07, 6.45) is 0. The van der Waals surface area contributed by atoms with Crippen molar-refractivity contribution in [1.82, 2.24) is 0 Å². The van der Waals surface area contributed by atoms with Crippen LogP contribution in [0.4, 0.5) is 5.69 Å². The van der Waals surface area contributed by atoms with Crippen molar-refractivity contribution < 1.29 is 4.79 Å². The number of halogens is 1. The van der Waals surface area contributed by atoms with Crippen LogP contribution in [0.5, 0.6) is 0 Å². The number of nitrogens with zero attached hydrogens (tertiary/aromatic N) is 2. The number of rotatable bonds is 3. The van der Waals surface area contributed by atoms with E-state index in [1.807, 2.05) is 18.2 Å². The zero-order chi connectivity index (χ0) is 25.6. The average molecular weight is 493 g/mol. The number of aryl methyl sites for hydroxylation is 4. The molecule has 0 aliphatic carbocycles. The number of likely N-dealkylation sites (N-methyl/N-ethyl adjacent to an activating group) is 1. The molecule has 0 atom stereocenters. The van der Waals surface area contributed by atoms with Crippen LogP contribution in [0.3, 0.4) is 0 Å². The highest BCUT2D eigenvalue weighted by Crippen LogP contribution is 2.39. The normalized spacial score (nSPS) is 13.3. The maximum absolute atomic E-state index is 12.9. The number of carbonyl (C=O) groups is 1. The predicted octanol–water partition coefficient (Wildman–Crippen LogP) is 7.72. The molecule has 4 aromatic carbocycles. The standard InChI is InChI=1S/C32H29ClN2O/c1-19-11-20(2)14-23(13-19)26-7-6-8-27(24-15-21(3)12-22(4)16-24)31(26)32-28-17-25(33)9-10-29(28)35(5)30(36)18-34-32/h6-17H,18H2,1-5H3. The first-order valence-electron chi connectivity index (χ1n) is 12.1. The third-order valence-electron chi connectivity index (χ3n) is 6.69. The second-order valence-corrected chi connectivity index (χ2v) is 10.2. The molecule has 0 fully saturated rings. The number of benzene rings is 4. The van der Waals surface area contributed by atoms with Gasteiger partial charge >= 0.3 is 0 Å². The molecule has 1 aliphatic heterocycles. The topological polar surface area (TPSA) is 32.7 Å². The molecule has 180 valence electrons. The molecule has 0 aromatic heterocycles. The van der Waals surface area contributed by atoms with Crippen LogP contribution in [0.15, 0.2) is 77.8 Å². The second kappa shape index (κ2) is 9.40. The van der Waals surface area contributed by atoms with Crippen LogP contribution in [0.25, 0.3) is 22.3 Å². The molecule has 1 heterocycles. The summed E-state index contributed by atoms with van der Waals surface area (Å²) in [5.41, 5.74) is 12.7. The molecular formula is C32H29ClN2O. The van der Waals surface area contributed by atoms with E-state index >= 15 is 0 Å². The van der Waals surface area contributed by atoms with E-state index in [1.165, 1.54) is 22.3 Å². The van der Waals surface area contributed by atoms with Crippen molar-refractivity contribution in [3.8, 4) is 22.3 Å². The predicted molar refractivity (Wildman–Crippen MR) is 152 cm³/mol. The first-order chi connectivity index (χ1) is 17.2. The smallest absolute Gasteiger partial charge is 0.248 e. The summed E-state index contributed by atoms with van der Waals surface area (Å²) in [4.78, 5) is 19.5. The van der Waals surface area contributed by atoms with Crippen LogP contribution in [0.2, 0.25) is 5.02 Å². The van der Waals surface area contributed by atoms with Crippen molar-refractivity contribution in [3.05, 3.63) is 111 Å². The maximum Gasteiger partial charge on any atom is 0.248 e. The number of hydrogen-bond donors (Lipinski definition) is 0. The Bertz CT molecular complexity index is 1440. The van der Waals surface area contributed by atoms with Crippen molar-refractivity contribution in [1.29, 1.82) is 0 Å². The molecule has 0 radical (unpaired) electrons. The molecule has 5 rings (SSSR count). The zero-order valence-electron chi connectivity index (χ0n) is 21.3. The van der Waals surface area contributed by atoms with Gasteiger partial charge in [0.2, 0.25) is 5.91 Å². The number of carbonyl (C=O) groups excluding carboxylic acids is 1. The lowest BCUT2D eigenvalue weighted by Gasteiger charge is -2.21. The summed E-state index contributed by atoms with van der Waals surface area (Å²) in [6, 6.07) is 25.3. The van der Waals surface area contributed by atoms with Crippen LogP contribution in [0, 0.1) is 27.7 Å². The van der Waals surface area contributed by atoms with Gasteiger partial charge in [-0.15, -0.1) is 0 Å². The number of anilines is 1. The van der Waals surface area contributed by atoms with Gasteiger partial charge in [0.1, 0.15) is 6.54 Å². The van der Waals surface area contributed by atoms with Crippen LogP contribution in [-0.2, 0) is 4.79 Å². The van der Waals surface area contributed by atoms with Crippen LogP contribution in [-0.4, -0.2) is 25.2 Å². The van der Waals surface area contributed by atoms with E-state index in [4.69, 9.17) is 16.6 Å². The van der Waals surface area contributed by atoms with E-state index in [1.54, 1.807) is 11.9 Å². The average Bonchev–Trinajstić information content (AvgIpc) is 2.93. The molecule has 0 saturated heterocycles. The Labute approximate surface area is 218 Å². The van der Waals surface area contributed by atoms with Gasteiger partial charge in [0.15, 0.2) is 0 Å². The number of hydrogen-bond acceptors (Lipinski definition) is 2. The van der Waals surface area contributed by atoms with Crippen LogP contribution < -0.4 is 4.90 Å². The molecule has 1 amide bonds. The molecule has 4 heteroatoms. The Morgan fingerprint density at radius 2 is 1.25 bits per heavy atom. The number of benzodiazepines with no additional fused rings is 1. The Kier molecular flexibility index (Phi) is 6.27. The SMILES string of the molecule is Cc1cc(C)cc(-c2cccc(-c3cc(C)cc(C)c3)c2C2=NCC(=O)N(C)c3ccc(Cl)cc32)c1. The minimum absolute atomic E-state index is 0.0506. The molecule has 0 unspecified atom stereocenters. The van der Waals surface area contributed by atoms with Crippen molar-refractivity contribution in [2.24, 2.45) is 4.99 Å². The summed E-state index contributed by atoms with van der Waals surface area (Å²) in [6.45, 7) is 8.56. The third kappa shape index (κ3) is 4.47. The van der Waals surface area contributed by atoms with Crippen LogP contribution >= 0.6 is 11.6 Å². The number of amides is 1. The van der Waals surface area contributed by atoms with E-state index in [2.05, 4.69) is 82.3 Å². The lowest BCUT2D eigenvalue weighted by atomic mass is 9.85. The summed E-state index contributed by atoms with van der Waals surface area (Å²) >= 11 is 6.51. The maximum atomic E-state index is 12.9. The first-order valence-corrected chi connectivity index (χ1v) is 12.5. The molecule has 0 spiro atoms. The fraction of sp³-hybridized carbons (Fsp3) is 0.188. The van der Waals surface area contributed by atoms with Gasteiger partial charge < -0.3 is 4.90 Å². The van der Waals surface area contributed by atoms with Gasteiger partial charge in [0, 0.05) is 23.2 Å². The van der Waals surface area contributed by atoms with Crippen LogP contribution in [0.1, 0.15) is 33.4 Å². The monoisotopic (exact) mass is 492 g/mol. The summed E-state index contributed by atoms with van der Waals surface area (Å²) in [7, 11) is 1.80. The van der Waals surface area contributed by atoms with Crippen molar-refractivity contribution in [2.75, 3.05) is 18.5 Å². The van der Waals surface area contributed by atoms with Crippen molar-refractivity contribution in [2.45, 2.75) is 27.7 Å². The summed E-state index contributed by atoms with van der Waals surface area (Å²) in [5.74, 6) is -0.0506. The Morgan fingerprint density at radius 1 is 0.722 bits per heavy atom. The minimum atomic E-state index is -0.0506. The van der Waals surface area contributed by atoms with E-state index in [-0.39, 0.29) is 12.5 Å². The first kappa shape index (κ1) is 24.0. The second-order valence-electron chi connectivity index (χ2n) is 9.76. The van der Waals surface area contributed by atoms with E-state index < -0.39 is 0 Å². The van der Waals surface area contributed by atoms with Crippen molar-refractivity contribution in [3.63, 3.8) is 0 Å². The number of aliphatic imine (C=N–C) groups is 1. The molecule has 1 aliphatic rings. The van der Waals surface area contributed by atoms with Gasteiger partial charge in [-0.25, -0.2) is 0 Å². The lowest BCUT2D eigenvalue weighted by molar-refractivity contribution is -0.116. The van der Waals surface area contributed by atoms with E-state index in [0.29, 0.717) is 5.02 Å². The summed E-state index contributed by atoms with van der Waals surface area (Å²) < 4.78 is 0. The minimum Gasteiger partial charge on any atom is -0.313 e. The van der Waals surface area contributed by atoms with E-state index in [0.717, 1.165) is 44.8 Å². The van der Waals surface area contributed by atoms with E-state index in [9.17, 15) is 4.79 Å². The van der Waals surface area contributed by atoms with Gasteiger partial charge in [-0.05, 0) is 68.1 Å². The van der Waals surface area contributed by atoms with Crippen molar-refractivity contribution >= 4 is 28.9 Å². The molecule has 0 N–H and O–H groups in total.